The van der Waals surface area contributed by atoms with Crippen molar-refractivity contribution in [3.05, 3.63) is 34.4 Å². The van der Waals surface area contributed by atoms with Gasteiger partial charge in [-0.05, 0) is 32.9 Å². The van der Waals surface area contributed by atoms with Crippen molar-refractivity contribution in [3.63, 3.8) is 0 Å². The van der Waals surface area contributed by atoms with Crippen LogP contribution in [0.15, 0.2) is 28.9 Å². The fourth-order valence-electron chi connectivity index (χ4n) is 2.08. The number of aromatic nitrogens is 1. The number of rotatable bonds is 2. The lowest BCUT2D eigenvalue weighted by molar-refractivity contribution is 0.0544. The minimum atomic E-state index is -0.642. The van der Waals surface area contributed by atoms with Gasteiger partial charge in [-0.25, -0.2) is 4.79 Å². The van der Waals surface area contributed by atoms with E-state index in [1.165, 1.54) is 10.8 Å². The van der Waals surface area contributed by atoms with Crippen LogP contribution >= 0.6 is 15.9 Å². The number of hydrogen-bond acceptors (Lipinski definition) is 4. The average Bonchev–Trinajstić information content (AvgIpc) is 2.78. The third-order valence-electron chi connectivity index (χ3n) is 2.91. The summed E-state index contributed by atoms with van der Waals surface area (Å²) in [6, 6.07) is 7.12. The van der Waals surface area contributed by atoms with Crippen LogP contribution in [0.4, 0.5) is 4.79 Å². The standard InChI is InChI=1S/C16H15BrN2O3/c1-16(2,3)22-15(21)19-9-10(13(20)7-8-18)14-11(17)5-4-6-12(14)19/h4-6,9H,7H2,1-3H3. The minimum Gasteiger partial charge on any atom is -0.443 e. The summed E-state index contributed by atoms with van der Waals surface area (Å²) >= 11 is 3.39. The molecule has 2 aromatic rings. The largest absolute Gasteiger partial charge is 0.443 e. The van der Waals surface area contributed by atoms with Gasteiger partial charge in [0, 0.05) is 21.6 Å². The Morgan fingerprint density at radius 3 is 2.64 bits per heavy atom. The lowest BCUT2D eigenvalue weighted by Gasteiger charge is -2.19. The highest BCUT2D eigenvalue weighted by molar-refractivity contribution is 9.10. The van der Waals surface area contributed by atoms with Crippen molar-refractivity contribution in [1.82, 2.24) is 4.57 Å². The van der Waals surface area contributed by atoms with Gasteiger partial charge >= 0.3 is 6.09 Å². The van der Waals surface area contributed by atoms with Gasteiger partial charge in [-0.3, -0.25) is 9.36 Å². The monoisotopic (exact) mass is 362 g/mol. The van der Waals surface area contributed by atoms with Crippen LogP contribution < -0.4 is 0 Å². The first-order chi connectivity index (χ1) is 10.2. The highest BCUT2D eigenvalue weighted by Gasteiger charge is 2.23. The van der Waals surface area contributed by atoms with E-state index in [0.717, 1.165) is 0 Å². The normalized spacial score (nSPS) is 11.2. The molecule has 0 bridgehead atoms. The zero-order chi connectivity index (χ0) is 16.5. The molecule has 0 radical (unpaired) electrons. The van der Waals surface area contributed by atoms with Crippen molar-refractivity contribution >= 4 is 38.7 Å². The van der Waals surface area contributed by atoms with E-state index in [1.54, 1.807) is 39.0 Å². The Hall–Kier alpha value is -2.13. The van der Waals surface area contributed by atoms with Gasteiger partial charge in [-0.15, -0.1) is 0 Å². The molecule has 5 nitrogen and oxygen atoms in total. The molecule has 0 N–H and O–H groups in total. The predicted molar refractivity (Wildman–Crippen MR) is 85.8 cm³/mol. The predicted octanol–water partition coefficient (Wildman–Crippen LogP) is 4.28. The van der Waals surface area contributed by atoms with E-state index in [2.05, 4.69) is 15.9 Å². The molecule has 0 saturated carbocycles. The number of carbonyl (C=O) groups is 2. The van der Waals surface area contributed by atoms with Gasteiger partial charge in [0.15, 0.2) is 5.78 Å². The summed E-state index contributed by atoms with van der Waals surface area (Å²) < 4.78 is 7.35. The van der Waals surface area contributed by atoms with Gasteiger partial charge < -0.3 is 4.74 Å². The molecule has 0 saturated heterocycles. The molecule has 0 atom stereocenters. The second-order valence-electron chi connectivity index (χ2n) is 5.79. The van der Waals surface area contributed by atoms with E-state index in [9.17, 15) is 9.59 Å². The summed E-state index contributed by atoms with van der Waals surface area (Å²) in [4.78, 5) is 24.5. The molecule has 6 heteroatoms. The first kappa shape index (κ1) is 16.2. The Kier molecular flexibility index (Phi) is 4.38. The smallest absolute Gasteiger partial charge is 0.419 e. The number of fused-ring (bicyclic) bond motifs is 1. The average molecular weight is 363 g/mol. The molecular formula is C16H15BrN2O3. The summed E-state index contributed by atoms with van der Waals surface area (Å²) in [6.45, 7) is 5.32. The number of ketones is 1. The third-order valence-corrected chi connectivity index (χ3v) is 3.57. The molecule has 0 spiro atoms. The number of Topliss-reactive ketones (excluding diaryl/α,β-unsaturated/α-hetero) is 1. The van der Waals surface area contributed by atoms with Crippen molar-refractivity contribution in [2.24, 2.45) is 0 Å². The Bertz CT molecular complexity index is 794. The fourth-order valence-corrected chi connectivity index (χ4v) is 2.65. The highest BCUT2D eigenvalue weighted by atomic mass is 79.9. The van der Waals surface area contributed by atoms with E-state index in [0.29, 0.717) is 20.9 Å². The van der Waals surface area contributed by atoms with Gasteiger partial charge in [-0.2, -0.15) is 5.26 Å². The van der Waals surface area contributed by atoms with E-state index in [1.807, 2.05) is 6.07 Å². The number of nitriles is 1. The van der Waals surface area contributed by atoms with E-state index in [-0.39, 0.29) is 12.2 Å². The zero-order valence-electron chi connectivity index (χ0n) is 12.5. The Labute approximate surface area is 136 Å². The summed E-state index contributed by atoms with van der Waals surface area (Å²) in [5, 5.41) is 9.33. The van der Waals surface area contributed by atoms with E-state index < -0.39 is 11.7 Å². The molecule has 2 rings (SSSR count). The summed E-state index contributed by atoms with van der Waals surface area (Å²) in [5.74, 6) is -0.332. The van der Waals surface area contributed by atoms with Crippen LogP contribution in [0.1, 0.15) is 37.6 Å². The van der Waals surface area contributed by atoms with Gasteiger partial charge in [-0.1, -0.05) is 22.0 Å². The molecule has 0 aliphatic rings. The SMILES string of the molecule is CC(C)(C)OC(=O)n1cc(C(=O)CC#N)c2c(Br)cccc21. The molecule has 1 aromatic carbocycles. The van der Waals surface area contributed by atoms with E-state index in [4.69, 9.17) is 10.00 Å². The molecule has 0 aliphatic heterocycles. The van der Waals surface area contributed by atoms with Crippen molar-refractivity contribution in [2.45, 2.75) is 32.8 Å². The number of carbonyl (C=O) groups excluding carboxylic acids is 2. The van der Waals surface area contributed by atoms with Crippen LogP contribution in [0.25, 0.3) is 10.9 Å². The van der Waals surface area contributed by atoms with Gasteiger partial charge in [0.2, 0.25) is 0 Å². The van der Waals surface area contributed by atoms with Gasteiger partial charge in [0.25, 0.3) is 0 Å². The summed E-state index contributed by atoms with van der Waals surface area (Å²) in [7, 11) is 0. The first-order valence-corrected chi connectivity index (χ1v) is 7.47. The lowest BCUT2D eigenvalue weighted by atomic mass is 10.1. The number of hydrogen-bond donors (Lipinski definition) is 0. The summed E-state index contributed by atoms with van der Waals surface area (Å²) in [6.07, 6.45) is 0.629. The molecule has 114 valence electrons. The molecular weight excluding hydrogens is 348 g/mol. The van der Waals surface area contributed by atoms with Crippen LogP contribution in [-0.4, -0.2) is 22.0 Å². The molecule has 0 unspecified atom stereocenters. The summed E-state index contributed by atoms with van der Waals surface area (Å²) in [5.41, 5.74) is 0.246. The molecule has 0 aliphatic carbocycles. The van der Waals surface area contributed by atoms with E-state index >= 15 is 0 Å². The maximum atomic E-state index is 12.3. The molecule has 1 heterocycles. The molecule has 1 aromatic heterocycles. The van der Waals surface area contributed by atoms with Crippen LogP contribution in [-0.2, 0) is 4.74 Å². The second kappa shape index (κ2) is 5.93. The van der Waals surface area contributed by atoms with Crippen molar-refractivity contribution in [2.75, 3.05) is 0 Å². The Morgan fingerprint density at radius 2 is 2.05 bits per heavy atom. The maximum absolute atomic E-state index is 12.3. The molecule has 22 heavy (non-hydrogen) atoms. The number of halogens is 1. The Balaban J connectivity index is 2.62. The lowest BCUT2D eigenvalue weighted by Crippen LogP contribution is -2.26. The van der Waals surface area contributed by atoms with Crippen molar-refractivity contribution in [3.8, 4) is 6.07 Å². The quantitative estimate of drug-likeness (QED) is 0.747. The van der Waals surface area contributed by atoms with Gasteiger partial charge in [0.1, 0.15) is 5.60 Å². The Morgan fingerprint density at radius 1 is 1.36 bits per heavy atom. The zero-order valence-corrected chi connectivity index (χ0v) is 14.1. The first-order valence-electron chi connectivity index (χ1n) is 6.67. The highest BCUT2D eigenvalue weighted by Crippen LogP contribution is 2.30. The van der Waals surface area contributed by atoms with Crippen LogP contribution in [0, 0.1) is 11.3 Å². The number of nitrogens with zero attached hydrogens (tertiary/aromatic N) is 2. The number of benzene rings is 1. The second-order valence-corrected chi connectivity index (χ2v) is 6.64. The van der Waals surface area contributed by atoms with Crippen LogP contribution in [0.3, 0.4) is 0 Å². The van der Waals surface area contributed by atoms with Crippen LogP contribution in [0.2, 0.25) is 0 Å². The molecule has 0 fully saturated rings. The van der Waals surface area contributed by atoms with Crippen molar-refractivity contribution < 1.29 is 14.3 Å². The van der Waals surface area contributed by atoms with Gasteiger partial charge in [0.05, 0.1) is 18.0 Å². The number of ether oxygens (including phenoxy) is 1. The fraction of sp³-hybridized carbons (Fsp3) is 0.312. The topological polar surface area (TPSA) is 72.1 Å². The van der Waals surface area contributed by atoms with Crippen LogP contribution in [0.5, 0.6) is 0 Å². The minimum absolute atomic E-state index is 0.241. The van der Waals surface area contributed by atoms with Crippen molar-refractivity contribution in [1.29, 1.82) is 5.26 Å². The maximum Gasteiger partial charge on any atom is 0.419 e. The molecule has 0 amide bonds. The third kappa shape index (κ3) is 3.20.